The SMILES string of the molecule is COc1cc(C(=O)N2CCN(C(C)=O)CC2)cc(OC)c1C. The molecule has 1 aliphatic heterocycles. The van der Waals surface area contributed by atoms with Gasteiger partial charge in [-0.25, -0.2) is 0 Å². The number of rotatable bonds is 3. The molecule has 0 aliphatic carbocycles. The van der Waals surface area contributed by atoms with E-state index in [2.05, 4.69) is 0 Å². The summed E-state index contributed by atoms with van der Waals surface area (Å²) >= 11 is 0. The van der Waals surface area contributed by atoms with Gasteiger partial charge in [-0.15, -0.1) is 0 Å². The molecular formula is C16H22N2O4. The van der Waals surface area contributed by atoms with E-state index in [1.54, 1.807) is 43.1 Å². The fourth-order valence-corrected chi connectivity index (χ4v) is 2.62. The summed E-state index contributed by atoms with van der Waals surface area (Å²) in [6.07, 6.45) is 0. The number of carbonyl (C=O) groups excluding carboxylic acids is 2. The van der Waals surface area contributed by atoms with Gasteiger partial charge < -0.3 is 19.3 Å². The maximum absolute atomic E-state index is 12.6. The van der Waals surface area contributed by atoms with Gasteiger partial charge in [0.15, 0.2) is 0 Å². The Kier molecular flexibility index (Phi) is 4.90. The average molecular weight is 306 g/mol. The lowest BCUT2D eigenvalue weighted by atomic mass is 10.1. The van der Waals surface area contributed by atoms with Crippen molar-refractivity contribution in [1.29, 1.82) is 0 Å². The van der Waals surface area contributed by atoms with E-state index in [0.29, 0.717) is 43.2 Å². The van der Waals surface area contributed by atoms with Crippen molar-refractivity contribution in [1.82, 2.24) is 9.80 Å². The number of benzene rings is 1. The summed E-state index contributed by atoms with van der Waals surface area (Å²) in [5, 5.41) is 0. The first kappa shape index (κ1) is 16.1. The summed E-state index contributed by atoms with van der Waals surface area (Å²) in [6, 6.07) is 3.47. The van der Waals surface area contributed by atoms with Crippen LogP contribution < -0.4 is 9.47 Å². The number of hydrogen-bond donors (Lipinski definition) is 0. The Balaban J connectivity index is 2.18. The van der Waals surface area contributed by atoms with Crippen molar-refractivity contribution in [3.63, 3.8) is 0 Å². The summed E-state index contributed by atoms with van der Waals surface area (Å²) in [4.78, 5) is 27.5. The Morgan fingerprint density at radius 3 is 1.82 bits per heavy atom. The van der Waals surface area contributed by atoms with E-state index in [-0.39, 0.29) is 11.8 Å². The Hall–Kier alpha value is -2.24. The molecule has 6 nitrogen and oxygen atoms in total. The Bertz CT molecular complexity index is 553. The molecule has 0 radical (unpaired) electrons. The first-order chi connectivity index (χ1) is 10.5. The molecule has 1 aromatic carbocycles. The maximum Gasteiger partial charge on any atom is 0.254 e. The fraction of sp³-hybridized carbons (Fsp3) is 0.500. The summed E-state index contributed by atoms with van der Waals surface area (Å²) in [5.74, 6) is 1.24. The van der Waals surface area contributed by atoms with Gasteiger partial charge in [-0.2, -0.15) is 0 Å². The second kappa shape index (κ2) is 6.68. The average Bonchev–Trinajstić information content (AvgIpc) is 2.54. The molecule has 6 heteroatoms. The quantitative estimate of drug-likeness (QED) is 0.845. The Morgan fingerprint density at radius 2 is 1.41 bits per heavy atom. The highest BCUT2D eigenvalue weighted by atomic mass is 16.5. The van der Waals surface area contributed by atoms with Crippen LogP contribution in [-0.2, 0) is 4.79 Å². The zero-order valence-corrected chi connectivity index (χ0v) is 13.5. The van der Waals surface area contributed by atoms with Crippen molar-refractivity contribution in [2.75, 3.05) is 40.4 Å². The van der Waals surface area contributed by atoms with E-state index in [4.69, 9.17) is 9.47 Å². The number of methoxy groups -OCH3 is 2. The van der Waals surface area contributed by atoms with Gasteiger partial charge in [0.2, 0.25) is 5.91 Å². The number of piperazine rings is 1. The number of ether oxygens (including phenoxy) is 2. The van der Waals surface area contributed by atoms with E-state index in [1.807, 2.05) is 6.92 Å². The number of nitrogens with zero attached hydrogens (tertiary/aromatic N) is 2. The molecule has 0 spiro atoms. The molecule has 1 aliphatic rings. The minimum atomic E-state index is -0.0696. The number of carbonyl (C=O) groups is 2. The van der Waals surface area contributed by atoms with E-state index in [1.165, 1.54) is 0 Å². The molecule has 120 valence electrons. The highest BCUT2D eigenvalue weighted by Crippen LogP contribution is 2.30. The third kappa shape index (κ3) is 3.16. The van der Waals surface area contributed by atoms with E-state index >= 15 is 0 Å². The standard InChI is InChI=1S/C16H22N2O4/c1-11-14(21-3)9-13(10-15(11)22-4)16(20)18-7-5-17(6-8-18)12(2)19/h9-10H,5-8H2,1-4H3. The van der Waals surface area contributed by atoms with Crippen molar-refractivity contribution in [2.24, 2.45) is 0 Å². The summed E-state index contributed by atoms with van der Waals surface area (Å²) in [7, 11) is 3.14. The molecule has 0 N–H and O–H groups in total. The van der Waals surface area contributed by atoms with E-state index < -0.39 is 0 Å². The van der Waals surface area contributed by atoms with Crippen LogP contribution >= 0.6 is 0 Å². The molecule has 0 unspecified atom stereocenters. The summed E-state index contributed by atoms with van der Waals surface area (Å²) < 4.78 is 10.6. The minimum Gasteiger partial charge on any atom is -0.496 e. The fourth-order valence-electron chi connectivity index (χ4n) is 2.62. The van der Waals surface area contributed by atoms with Crippen LogP contribution in [0.5, 0.6) is 11.5 Å². The molecule has 1 heterocycles. The van der Waals surface area contributed by atoms with Gasteiger partial charge in [-0.1, -0.05) is 0 Å². The molecule has 1 saturated heterocycles. The Morgan fingerprint density at radius 1 is 0.955 bits per heavy atom. The van der Waals surface area contributed by atoms with E-state index in [9.17, 15) is 9.59 Å². The summed E-state index contributed by atoms with van der Waals surface area (Å²) in [6.45, 7) is 5.65. The lowest BCUT2D eigenvalue weighted by Gasteiger charge is -2.34. The molecule has 0 bridgehead atoms. The lowest BCUT2D eigenvalue weighted by molar-refractivity contribution is -0.130. The highest BCUT2D eigenvalue weighted by molar-refractivity contribution is 5.95. The van der Waals surface area contributed by atoms with Crippen LogP contribution in [0.4, 0.5) is 0 Å². The third-order valence-electron chi connectivity index (χ3n) is 4.01. The van der Waals surface area contributed by atoms with E-state index in [0.717, 1.165) is 5.56 Å². The van der Waals surface area contributed by atoms with Gasteiger partial charge in [0.25, 0.3) is 5.91 Å². The van der Waals surface area contributed by atoms with Crippen LogP contribution in [0, 0.1) is 6.92 Å². The second-order valence-corrected chi connectivity index (χ2v) is 5.30. The molecule has 0 atom stereocenters. The highest BCUT2D eigenvalue weighted by Gasteiger charge is 2.24. The molecular weight excluding hydrogens is 284 g/mol. The van der Waals surface area contributed by atoms with Crippen molar-refractivity contribution >= 4 is 11.8 Å². The van der Waals surface area contributed by atoms with Gasteiger partial charge in [0.05, 0.1) is 14.2 Å². The number of hydrogen-bond acceptors (Lipinski definition) is 4. The largest absolute Gasteiger partial charge is 0.496 e. The van der Waals surface area contributed by atoms with Crippen LogP contribution in [0.25, 0.3) is 0 Å². The summed E-state index contributed by atoms with van der Waals surface area (Å²) in [5.41, 5.74) is 1.40. The van der Waals surface area contributed by atoms with Crippen LogP contribution in [0.15, 0.2) is 12.1 Å². The molecule has 0 saturated carbocycles. The van der Waals surface area contributed by atoms with Crippen molar-refractivity contribution in [2.45, 2.75) is 13.8 Å². The molecule has 22 heavy (non-hydrogen) atoms. The van der Waals surface area contributed by atoms with Crippen molar-refractivity contribution in [3.05, 3.63) is 23.3 Å². The predicted octanol–water partition coefficient (Wildman–Crippen LogP) is 1.32. The molecule has 0 aromatic heterocycles. The Labute approximate surface area is 130 Å². The van der Waals surface area contributed by atoms with Crippen molar-refractivity contribution < 1.29 is 19.1 Å². The van der Waals surface area contributed by atoms with Crippen LogP contribution in [0.1, 0.15) is 22.8 Å². The monoisotopic (exact) mass is 306 g/mol. The van der Waals surface area contributed by atoms with Crippen molar-refractivity contribution in [3.8, 4) is 11.5 Å². The topological polar surface area (TPSA) is 59.1 Å². The van der Waals surface area contributed by atoms with Gasteiger partial charge in [0.1, 0.15) is 11.5 Å². The smallest absolute Gasteiger partial charge is 0.254 e. The predicted molar refractivity (Wildman–Crippen MR) is 82.4 cm³/mol. The van der Waals surface area contributed by atoms with Crippen LogP contribution in [0.3, 0.4) is 0 Å². The van der Waals surface area contributed by atoms with Crippen LogP contribution in [0.2, 0.25) is 0 Å². The lowest BCUT2D eigenvalue weighted by Crippen LogP contribution is -2.50. The van der Waals surface area contributed by atoms with Gasteiger partial charge >= 0.3 is 0 Å². The normalized spacial score (nSPS) is 14.7. The zero-order valence-electron chi connectivity index (χ0n) is 13.5. The van der Waals surface area contributed by atoms with Crippen LogP contribution in [-0.4, -0.2) is 62.0 Å². The molecule has 2 amide bonds. The third-order valence-corrected chi connectivity index (χ3v) is 4.01. The molecule has 2 rings (SSSR count). The minimum absolute atomic E-state index is 0.0470. The zero-order chi connectivity index (χ0) is 16.3. The molecule has 1 fully saturated rings. The second-order valence-electron chi connectivity index (χ2n) is 5.30. The van der Waals surface area contributed by atoms with Gasteiger partial charge in [-0.05, 0) is 19.1 Å². The number of amides is 2. The van der Waals surface area contributed by atoms with Gasteiger partial charge in [0, 0.05) is 44.2 Å². The maximum atomic E-state index is 12.6. The van der Waals surface area contributed by atoms with Gasteiger partial charge in [-0.3, -0.25) is 9.59 Å². The first-order valence-electron chi connectivity index (χ1n) is 7.25. The molecule has 1 aromatic rings. The first-order valence-corrected chi connectivity index (χ1v) is 7.25.